The van der Waals surface area contributed by atoms with Gasteiger partial charge in [0.2, 0.25) is 21.8 Å². The number of sulfonamides is 1. The van der Waals surface area contributed by atoms with Gasteiger partial charge in [0.15, 0.2) is 0 Å². The molecule has 202 valence electrons. The Balaban J connectivity index is 1.87. The maximum absolute atomic E-state index is 13.7. The van der Waals surface area contributed by atoms with E-state index in [0.717, 1.165) is 23.1 Å². The van der Waals surface area contributed by atoms with Gasteiger partial charge in [-0.2, -0.15) is 0 Å². The predicted octanol–water partition coefficient (Wildman–Crippen LogP) is 4.87. The Hall–Kier alpha value is -3.20. The fourth-order valence-corrected chi connectivity index (χ4v) is 5.23. The summed E-state index contributed by atoms with van der Waals surface area (Å²) in [6.45, 7) is 4.74. The number of benzene rings is 3. The van der Waals surface area contributed by atoms with Gasteiger partial charge in [0.1, 0.15) is 6.04 Å². The Morgan fingerprint density at radius 3 is 2.13 bits per heavy atom. The molecule has 0 aliphatic heterocycles. The van der Waals surface area contributed by atoms with Crippen molar-refractivity contribution >= 4 is 33.4 Å². The van der Waals surface area contributed by atoms with Gasteiger partial charge >= 0.3 is 0 Å². The van der Waals surface area contributed by atoms with Gasteiger partial charge in [-0.1, -0.05) is 80.0 Å². The first-order valence-electron chi connectivity index (χ1n) is 12.7. The van der Waals surface area contributed by atoms with Crippen LogP contribution in [0.2, 0.25) is 5.02 Å². The van der Waals surface area contributed by atoms with E-state index >= 15 is 0 Å². The molecule has 0 fully saturated rings. The van der Waals surface area contributed by atoms with E-state index in [0.29, 0.717) is 24.5 Å². The van der Waals surface area contributed by atoms with Crippen LogP contribution >= 0.6 is 11.6 Å². The lowest BCUT2D eigenvalue weighted by Gasteiger charge is -2.32. The van der Waals surface area contributed by atoms with Crippen molar-refractivity contribution < 1.29 is 18.0 Å². The fourth-order valence-electron chi connectivity index (χ4n) is 4.07. The molecule has 0 aliphatic carbocycles. The molecule has 1 unspecified atom stereocenters. The van der Waals surface area contributed by atoms with Crippen LogP contribution in [-0.4, -0.2) is 38.2 Å². The van der Waals surface area contributed by atoms with E-state index in [9.17, 15) is 18.0 Å². The van der Waals surface area contributed by atoms with Crippen molar-refractivity contribution in [1.29, 1.82) is 0 Å². The Morgan fingerprint density at radius 2 is 1.53 bits per heavy atom. The highest BCUT2D eigenvalue weighted by Crippen LogP contribution is 2.26. The number of halogens is 1. The molecule has 0 heterocycles. The van der Waals surface area contributed by atoms with E-state index in [4.69, 9.17) is 11.6 Å². The summed E-state index contributed by atoms with van der Waals surface area (Å²) in [4.78, 5) is 28.9. The molecule has 0 spiro atoms. The van der Waals surface area contributed by atoms with Crippen molar-refractivity contribution in [1.82, 2.24) is 14.9 Å². The van der Waals surface area contributed by atoms with Gasteiger partial charge in [0, 0.05) is 31.1 Å². The van der Waals surface area contributed by atoms with Crippen LogP contribution in [0, 0.1) is 0 Å². The summed E-state index contributed by atoms with van der Waals surface area (Å²) in [5, 5.41) is 3.54. The summed E-state index contributed by atoms with van der Waals surface area (Å²) in [7, 11) is -3.55. The van der Waals surface area contributed by atoms with Crippen molar-refractivity contribution in [3.8, 4) is 0 Å². The lowest BCUT2D eigenvalue weighted by atomic mass is 10.0. The number of nitrogens with zero attached hydrogens (tertiary/aromatic N) is 1. The number of carbonyl (C=O) groups is 2. The van der Waals surface area contributed by atoms with Crippen molar-refractivity contribution in [3.63, 3.8) is 0 Å². The standard InChI is InChI=1S/C29H34ClN3O4S/c1-3-20-31-29(35)28(24-8-6-5-7-9-24)33(21-23-10-15-25(30)16-11-23)27(34)19-14-22-12-17-26(18-13-22)38(36,37)32-4-2/h5-13,15-18,28,32H,3-4,14,19-21H2,1-2H3,(H,31,35). The molecular weight excluding hydrogens is 522 g/mol. The van der Waals surface area contributed by atoms with E-state index < -0.39 is 16.1 Å². The summed E-state index contributed by atoms with van der Waals surface area (Å²) >= 11 is 6.06. The molecule has 1 atom stereocenters. The van der Waals surface area contributed by atoms with Crippen molar-refractivity contribution in [2.24, 2.45) is 0 Å². The SMILES string of the molecule is CCCNC(=O)C(c1ccccc1)N(Cc1ccc(Cl)cc1)C(=O)CCc1ccc(S(=O)(=O)NCC)cc1. The second-order valence-electron chi connectivity index (χ2n) is 8.90. The Kier molecular flexibility index (Phi) is 10.9. The second kappa shape index (κ2) is 14.1. The molecule has 3 rings (SSSR count). The first-order chi connectivity index (χ1) is 18.2. The Labute approximate surface area is 230 Å². The minimum atomic E-state index is -3.55. The van der Waals surface area contributed by atoms with Crippen LogP contribution in [0.15, 0.2) is 83.8 Å². The van der Waals surface area contributed by atoms with Gasteiger partial charge in [-0.05, 0) is 53.8 Å². The van der Waals surface area contributed by atoms with Crippen LogP contribution in [-0.2, 0) is 32.6 Å². The molecule has 9 heteroatoms. The van der Waals surface area contributed by atoms with Crippen LogP contribution in [0.1, 0.15) is 49.4 Å². The van der Waals surface area contributed by atoms with Gasteiger partial charge in [0.05, 0.1) is 4.90 Å². The van der Waals surface area contributed by atoms with Gasteiger partial charge < -0.3 is 10.2 Å². The van der Waals surface area contributed by atoms with E-state index in [1.54, 1.807) is 36.1 Å². The van der Waals surface area contributed by atoms with E-state index in [2.05, 4.69) is 10.0 Å². The van der Waals surface area contributed by atoms with Crippen molar-refractivity contribution in [2.75, 3.05) is 13.1 Å². The largest absolute Gasteiger partial charge is 0.354 e. The number of rotatable bonds is 13. The first-order valence-corrected chi connectivity index (χ1v) is 14.6. The smallest absolute Gasteiger partial charge is 0.247 e. The molecule has 0 aliphatic rings. The summed E-state index contributed by atoms with van der Waals surface area (Å²) < 4.78 is 26.9. The molecular formula is C29H34ClN3O4S. The summed E-state index contributed by atoms with van der Waals surface area (Å²) in [5.74, 6) is -0.428. The molecule has 2 N–H and O–H groups in total. The quantitative estimate of drug-likeness (QED) is 0.314. The third kappa shape index (κ3) is 8.15. The molecule has 0 saturated heterocycles. The summed E-state index contributed by atoms with van der Waals surface area (Å²) in [5.41, 5.74) is 2.40. The van der Waals surface area contributed by atoms with Crippen LogP contribution in [0.25, 0.3) is 0 Å². The average Bonchev–Trinajstić information content (AvgIpc) is 2.92. The lowest BCUT2D eigenvalue weighted by molar-refractivity contribution is -0.141. The number of carbonyl (C=O) groups excluding carboxylic acids is 2. The zero-order valence-corrected chi connectivity index (χ0v) is 23.3. The summed E-state index contributed by atoms with van der Waals surface area (Å²) in [6, 6.07) is 22.2. The maximum Gasteiger partial charge on any atom is 0.247 e. The highest BCUT2D eigenvalue weighted by Gasteiger charge is 2.31. The van der Waals surface area contributed by atoms with Crippen LogP contribution in [0.4, 0.5) is 0 Å². The molecule has 0 bridgehead atoms. The number of nitrogens with one attached hydrogen (secondary N) is 2. The van der Waals surface area contributed by atoms with Crippen LogP contribution in [0.5, 0.6) is 0 Å². The minimum absolute atomic E-state index is 0.150. The van der Waals surface area contributed by atoms with E-state index in [-0.39, 0.29) is 29.7 Å². The first kappa shape index (κ1) is 29.4. The van der Waals surface area contributed by atoms with E-state index in [1.165, 1.54) is 12.1 Å². The average molecular weight is 556 g/mol. The van der Waals surface area contributed by atoms with Gasteiger partial charge in [-0.25, -0.2) is 13.1 Å². The third-order valence-electron chi connectivity index (χ3n) is 6.01. The monoisotopic (exact) mass is 555 g/mol. The van der Waals surface area contributed by atoms with Gasteiger partial charge in [0.25, 0.3) is 0 Å². The van der Waals surface area contributed by atoms with Crippen molar-refractivity contribution in [3.05, 3.63) is 101 Å². The highest BCUT2D eigenvalue weighted by atomic mass is 35.5. The number of aryl methyl sites for hydroxylation is 1. The molecule has 38 heavy (non-hydrogen) atoms. The van der Waals surface area contributed by atoms with Gasteiger partial charge in [-0.3, -0.25) is 9.59 Å². The number of hydrogen-bond donors (Lipinski definition) is 2. The Morgan fingerprint density at radius 1 is 0.895 bits per heavy atom. The Bertz CT molecular complexity index is 1300. The molecule has 2 amide bonds. The number of amides is 2. The highest BCUT2D eigenvalue weighted by molar-refractivity contribution is 7.89. The molecule has 7 nitrogen and oxygen atoms in total. The number of hydrogen-bond acceptors (Lipinski definition) is 4. The van der Waals surface area contributed by atoms with Crippen LogP contribution in [0.3, 0.4) is 0 Å². The van der Waals surface area contributed by atoms with Crippen molar-refractivity contribution in [2.45, 2.75) is 50.6 Å². The maximum atomic E-state index is 13.7. The zero-order chi connectivity index (χ0) is 27.5. The topological polar surface area (TPSA) is 95.6 Å². The molecule has 3 aromatic rings. The second-order valence-corrected chi connectivity index (χ2v) is 11.1. The fraction of sp³-hybridized carbons (Fsp3) is 0.310. The summed E-state index contributed by atoms with van der Waals surface area (Å²) in [6.07, 6.45) is 1.32. The normalized spacial score (nSPS) is 12.1. The van der Waals surface area contributed by atoms with Crippen LogP contribution < -0.4 is 10.0 Å². The molecule has 3 aromatic carbocycles. The lowest BCUT2D eigenvalue weighted by Crippen LogP contribution is -2.43. The molecule has 0 aromatic heterocycles. The predicted molar refractivity (Wildman–Crippen MR) is 150 cm³/mol. The van der Waals surface area contributed by atoms with Gasteiger partial charge in [-0.15, -0.1) is 0 Å². The van der Waals surface area contributed by atoms with E-state index in [1.807, 2.05) is 49.4 Å². The zero-order valence-electron chi connectivity index (χ0n) is 21.7. The third-order valence-corrected chi connectivity index (χ3v) is 7.82. The molecule has 0 radical (unpaired) electrons. The molecule has 0 saturated carbocycles. The minimum Gasteiger partial charge on any atom is -0.354 e.